The monoisotopic (exact) mass is 178 g/mol. The molecular weight excluding hydrogens is 160 g/mol. The van der Waals surface area contributed by atoms with Crippen molar-refractivity contribution in [2.24, 2.45) is 0 Å². The molecular formula is C11H18N2. The Bertz CT molecular complexity index is 259. The summed E-state index contributed by atoms with van der Waals surface area (Å²) < 4.78 is 2.28. The fraction of sp³-hybridized carbons (Fsp3) is 0.636. The minimum Gasteiger partial charge on any atom is -0.341 e. The maximum Gasteiger partial charge on any atom is 0.0745 e. The third-order valence-corrected chi connectivity index (χ3v) is 2.71. The van der Waals surface area contributed by atoms with E-state index in [4.69, 9.17) is 0 Å². The van der Waals surface area contributed by atoms with Crippen LogP contribution in [-0.4, -0.2) is 22.6 Å². The van der Waals surface area contributed by atoms with Gasteiger partial charge in [-0.1, -0.05) is 6.42 Å². The summed E-state index contributed by atoms with van der Waals surface area (Å²) in [5.74, 6) is 0. The standard InChI is InChI=1S/C11H18N2/c1-11-5-8-13(9-11)10-12-6-3-2-4-7-12/h5,8-9H,2-4,6-7,10H2,1H3. The van der Waals surface area contributed by atoms with Crippen molar-refractivity contribution < 1.29 is 0 Å². The zero-order valence-corrected chi connectivity index (χ0v) is 8.37. The van der Waals surface area contributed by atoms with Crippen LogP contribution in [0.5, 0.6) is 0 Å². The summed E-state index contributed by atoms with van der Waals surface area (Å²) in [5, 5.41) is 0. The fourth-order valence-corrected chi connectivity index (χ4v) is 1.98. The maximum atomic E-state index is 2.53. The van der Waals surface area contributed by atoms with Gasteiger partial charge in [-0.05, 0) is 44.5 Å². The van der Waals surface area contributed by atoms with Crippen molar-refractivity contribution in [3.8, 4) is 0 Å². The van der Waals surface area contributed by atoms with E-state index in [2.05, 4.69) is 34.9 Å². The Balaban J connectivity index is 1.89. The molecule has 72 valence electrons. The minimum atomic E-state index is 1.08. The van der Waals surface area contributed by atoms with Crippen molar-refractivity contribution in [3.63, 3.8) is 0 Å². The first-order valence-corrected chi connectivity index (χ1v) is 5.19. The summed E-state index contributed by atoms with van der Waals surface area (Å²) in [5.41, 5.74) is 1.36. The van der Waals surface area contributed by atoms with Gasteiger partial charge in [0.2, 0.25) is 0 Å². The molecule has 1 saturated heterocycles. The van der Waals surface area contributed by atoms with Gasteiger partial charge in [-0.15, -0.1) is 0 Å². The van der Waals surface area contributed by atoms with Gasteiger partial charge in [0.05, 0.1) is 6.67 Å². The highest BCUT2D eigenvalue weighted by atomic mass is 15.2. The Kier molecular flexibility index (Phi) is 2.69. The lowest BCUT2D eigenvalue weighted by Gasteiger charge is -2.26. The molecule has 0 aliphatic carbocycles. The van der Waals surface area contributed by atoms with Crippen LogP contribution in [0.25, 0.3) is 0 Å². The second-order valence-corrected chi connectivity index (χ2v) is 4.02. The van der Waals surface area contributed by atoms with E-state index in [1.807, 2.05) is 0 Å². The van der Waals surface area contributed by atoms with Gasteiger partial charge in [-0.25, -0.2) is 0 Å². The van der Waals surface area contributed by atoms with Gasteiger partial charge in [-0.2, -0.15) is 0 Å². The second kappa shape index (κ2) is 3.97. The van der Waals surface area contributed by atoms with Crippen LogP contribution in [0.3, 0.4) is 0 Å². The lowest BCUT2D eigenvalue weighted by molar-refractivity contribution is 0.182. The minimum absolute atomic E-state index is 1.08. The smallest absolute Gasteiger partial charge is 0.0745 e. The molecule has 0 radical (unpaired) electrons. The van der Waals surface area contributed by atoms with Gasteiger partial charge < -0.3 is 4.57 Å². The van der Waals surface area contributed by atoms with E-state index in [-0.39, 0.29) is 0 Å². The van der Waals surface area contributed by atoms with E-state index in [9.17, 15) is 0 Å². The lowest BCUT2D eigenvalue weighted by atomic mass is 10.1. The first-order chi connectivity index (χ1) is 6.34. The molecule has 0 aromatic carbocycles. The largest absolute Gasteiger partial charge is 0.341 e. The van der Waals surface area contributed by atoms with E-state index >= 15 is 0 Å². The molecule has 2 nitrogen and oxygen atoms in total. The summed E-state index contributed by atoms with van der Waals surface area (Å²) in [6, 6.07) is 2.17. The Morgan fingerprint density at radius 3 is 2.62 bits per heavy atom. The SMILES string of the molecule is Cc1ccn(CN2CCCCC2)c1. The molecule has 2 heterocycles. The quantitative estimate of drug-likeness (QED) is 0.674. The predicted molar refractivity (Wildman–Crippen MR) is 54.6 cm³/mol. The molecule has 0 unspecified atom stereocenters. The summed E-state index contributed by atoms with van der Waals surface area (Å²) in [6.07, 6.45) is 8.56. The van der Waals surface area contributed by atoms with Gasteiger partial charge in [0.1, 0.15) is 0 Å². The zero-order chi connectivity index (χ0) is 9.10. The summed E-state index contributed by atoms with van der Waals surface area (Å²) in [6.45, 7) is 5.77. The van der Waals surface area contributed by atoms with Crippen molar-refractivity contribution >= 4 is 0 Å². The molecule has 0 N–H and O–H groups in total. The van der Waals surface area contributed by atoms with Crippen LogP contribution >= 0.6 is 0 Å². The first-order valence-electron chi connectivity index (χ1n) is 5.19. The van der Waals surface area contributed by atoms with Crippen molar-refractivity contribution in [3.05, 3.63) is 24.0 Å². The predicted octanol–water partition coefficient (Wildman–Crippen LogP) is 2.24. The molecule has 2 heteroatoms. The van der Waals surface area contributed by atoms with Crippen LogP contribution in [0.15, 0.2) is 18.5 Å². The van der Waals surface area contributed by atoms with E-state index < -0.39 is 0 Å². The van der Waals surface area contributed by atoms with Crippen LogP contribution in [0.1, 0.15) is 24.8 Å². The number of nitrogens with zero attached hydrogens (tertiary/aromatic N) is 2. The van der Waals surface area contributed by atoms with Gasteiger partial charge in [-0.3, -0.25) is 4.90 Å². The Morgan fingerprint density at radius 2 is 2.00 bits per heavy atom. The van der Waals surface area contributed by atoms with E-state index in [0.717, 1.165) is 6.67 Å². The zero-order valence-electron chi connectivity index (χ0n) is 8.37. The number of hydrogen-bond acceptors (Lipinski definition) is 1. The molecule has 13 heavy (non-hydrogen) atoms. The van der Waals surface area contributed by atoms with Crippen LogP contribution < -0.4 is 0 Å². The van der Waals surface area contributed by atoms with E-state index in [0.29, 0.717) is 0 Å². The molecule has 0 atom stereocenters. The number of aromatic nitrogens is 1. The molecule has 1 aliphatic rings. The number of likely N-dealkylation sites (tertiary alicyclic amines) is 1. The molecule has 0 amide bonds. The third kappa shape index (κ3) is 2.34. The average Bonchev–Trinajstić information content (AvgIpc) is 2.53. The summed E-state index contributed by atoms with van der Waals surface area (Å²) in [7, 11) is 0. The van der Waals surface area contributed by atoms with Crippen LogP contribution in [0, 0.1) is 6.92 Å². The Labute approximate surface area is 80.2 Å². The number of hydrogen-bond donors (Lipinski definition) is 0. The molecule has 1 fully saturated rings. The highest BCUT2D eigenvalue weighted by Gasteiger charge is 2.09. The molecule has 1 aromatic heterocycles. The highest BCUT2D eigenvalue weighted by molar-refractivity contribution is 5.06. The van der Waals surface area contributed by atoms with Crippen molar-refractivity contribution in [1.29, 1.82) is 0 Å². The van der Waals surface area contributed by atoms with Gasteiger partial charge in [0, 0.05) is 12.4 Å². The van der Waals surface area contributed by atoms with Gasteiger partial charge >= 0.3 is 0 Å². The molecule has 1 aliphatic heterocycles. The lowest BCUT2D eigenvalue weighted by Crippen LogP contribution is -2.31. The third-order valence-electron chi connectivity index (χ3n) is 2.71. The maximum absolute atomic E-state index is 2.53. The fourth-order valence-electron chi connectivity index (χ4n) is 1.98. The van der Waals surface area contributed by atoms with Crippen molar-refractivity contribution in [1.82, 2.24) is 9.47 Å². The molecule has 2 rings (SSSR count). The number of aryl methyl sites for hydroxylation is 1. The van der Waals surface area contributed by atoms with Gasteiger partial charge in [0.15, 0.2) is 0 Å². The molecule has 0 saturated carbocycles. The molecule has 0 spiro atoms. The van der Waals surface area contributed by atoms with Gasteiger partial charge in [0.25, 0.3) is 0 Å². The summed E-state index contributed by atoms with van der Waals surface area (Å²) >= 11 is 0. The van der Waals surface area contributed by atoms with Crippen molar-refractivity contribution in [2.75, 3.05) is 13.1 Å². The number of piperidine rings is 1. The first kappa shape index (κ1) is 8.82. The molecule has 0 bridgehead atoms. The Morgan fingerprint density at radius 1 is 1.23 bits per heavy atom. The normalized spacial score (nSPS) is 19.2. The highest BCUT2D eigenvalue weighted by Crippen LogP contribution is 2.10. The number of rotatable bonds is 2. The topological polar surface area (TPSA) is 8.17 Å². The second-order valence-electron chi connectivity index (χ2n) is 4.02. The summed E-state index contributed by atoms with van der Waals surface area (Å²) in [4.78, 5) is 2.53. The van der Waals surface area contributed by atoms with Crippen LogP contribution in [0.2, 0.25) is 0 Å². The molecule has 1 aromatic rings. The van der Waals surface area contributed by atoms with E-state index in [1.165, 1.54) is 37.9 Å². The van der Waals surface area contributed by atoms with E-state index in [1.54, 1.807) is 0 Å². The van der Waals surface area contributed by atoms with Crippen molar-refractivity contribution in [2.45, 2.75) is 32.9 Å². The van der Waals surface area contributed by atoms with Crippen LogP contribution in [-0.2, 0) is 6.67 Å². The average molecular weight is 178 g/mol. The van der Waals surface area contributed by atoms with Crippen LogP contribution in [0.4, 0.5) is 0 Å². The Hall–Kier alpha value is -0.760.